The monoisotopic (exact) mass is 365 g/mol. The Bertz CT molecular complexity index is 662. The summed E-state index contributed by atoms with van der Waals surface area (Å²) in [6, 6.07) is 2.06. The molecule has 0 fully saturated rings. The van der Waals surface area contributed by atoms with Crippen LogP contribution < -0.4 is 10.5 Å². The second kappa shape index (κ2) is 8.58. The molecule has 0 spiro atoms. The molecule has 0 aliphatic heterocycles. The Hall–Kier alpha value is -1.22. The molecule has 3 N–H and O–H groups in total. The molecule has 0 amide bonds. The third-order valence-corrected chi connectivity index (χ3v) is 5.11. The number of rotatable bonds is 7. The number of nitrogens with one attached hydrogen (secondary N) is 1. The molecule has 1 aromatic carbocycles. The van der Waals surface area contributed by atoms with Gasteiger partial charge in [-0.25, -0.2) is 13.1 Å². The van der Waals surface area contributed by atoms with E-state index in [1.165, 1.54) is 6.07 Å². The van der Waals surface area contributed by atoms with Crippen molar-refractivity contribution in [2.75, 3.05) is 6.54 Å². The van der Waals surface area contributed by atoms with Crippen LogP contribution >= 0.6 is 12.4 Å². The molecule has 0 saturated heterocycles. The van der Waals surface area contributed by atoms with Crippen molar-refractivity contribution < 1.29 is 13.3 Å². The van der Waals surface area contributed by atoms with E-state index in [-0.39, 0.29) is 35.5 Å². The summed E-state index contributed by atoms with van der Waals surface area (Å²) in [5.74, 6) is 0.282. The molecule has 1 aromatic rings. The van der Waals surface area contributed by atoms with Crippen molar-refractivity contribution in [2.45, 2.75) is 45.1 Å². The topological polar surface area (TPSA) is 115 Å². The summed E-state index contributed by atoms with van der Waals surface area (Å²) >= 11 is 0. The standard InChI is InChI=1S/C14H23N3O4S.ClH/c1-9(2)5-12(8-15)16-22(20,21)14-7-13(17(18)19)6-10(3)11(14)4;/h6-7,9,12,16H,5,8,15H2,1-4H3;1H. The van der Waals surface area contributed by atoms with E-state index >= 15 is 0 Å². The van der Waals surface area contributed by atoms with Gasteiger partial charge < -0.3 is 5.73 Å². The van der Waals surface area contributed by atoms with Crippen LogP contribution in [-0.4, -0.2) is 25.9 Å². The van der Waals surface area contributed by atoms with Crippen LogP contribution in [0.25, 0.3) is 0 Å². The number of benzene rings is 1. The summed E-state index contributed by atoms with van der Waals surface area (Å²) in [7, 11) is -3.86. The summed E-state index contributed by atoms with van der Waals surface area (Å²) in [4.78, 5) is 10.3. The zero-order chi connectivity index (χ0) is 17.1. The first-order valence-corrected chi connectivity index (χ1v) is 8.54. The number of nitro benzene ring substituents is 1. The highest BCUT2D eigenvalue weighted by Gasteiger charge is 2.25. The fourth-order valence-corrected chi connectivity index (χ4v) is 3.84. The maximum absolute atomic E-state index is 12.5. The van der Waals surface area contributed by atoms with Gasteiger partial charge in [0.15, 0.2) is 0 Å². The summed E-state index contributed by atoms with van der Waals surface area (Å²) in [6.45, 7) is 7.40. The quantitative estimate of drug-likeness (QED) is 0.568. The number of aryl methyl sites for hydroxylation is 1. The van der Waals surface area contributed by atoms with Crippen molar-refractivity contribution in [3.63, 3.8) is 0 Å². The number of nitrogens with two attached hydrogens (primary N) is 1. The highest BCUT2D eigenvalue weighted by molar-refractivity contribution is 7.89. The molecular formula is C14H24ClN3O4S. The first-order valence-electron chi connectivity index (χ1n) is 7.06. The zero-order valence-corrected chi connectivity index (χ0v) is 15.3. The number of non-ortho nitro benzene ring substituents is 1. The number of hydrogen-bond donors (Lipinski definition) is 2. The van der Waals surface area contributed by atoms with Gasteiger partial charge in [-0.05, 0) is 37.3 Å². The van der Waals surface area contributed by atoms with Gasteiger partial charge in [0.1, 0.15) is 0 Å². The van der Waals surface area contributed by atoms with Crippen molar-refractivity contribution in [3.05, 3.63) is 33.4 Å². The lowest BCUT2D eigenvalue weighted by atomic mass is 10.1. The van der Waals surface area contributed by atoms with Gasteiger partial charge in [0.05, 0.1) is 9.82 Å². The van der Waals surface area contributed by atoms with Crippen LogP contribution in [0.2, 0.25) is 0 Å². The lowest BCUT2D eigenvalue weighted by Crippen LogP contribution is -2.41. The first-order chi connectivity index (χ1) is 10.1. The minimum Gasteiger partial charge on any atom is -0.329 e. The molecular weight excluding hydrogens is 342 g/mol. The van der Waals surface area contributed by atoms with E-state index in [0.717, 1.165) is 6.07 Å². The van der Waals surface area contributed by atoms with Crippen molar-refractivity contribution >= 4 is 28.1 Å². The second-order valence-electron chi connectivity index (χ2n) is 5.83. The average Bonchev–Trinajstić information content (AvgIpc) is 2.39. The van der Waals surface area contributed by atoms with E-state index in [0.29, 0.717) is 17.5 Å². The molecule has 0 radical (unpaired) electrons. The smallest absolute Gasteiger partial charge is 0.271 e. The second-order valence-corrected chi connectivity index (χ2v) is 7.51. The molecule has 1 rings (SSSR count). The van der Waals surface area contributed by atoms with Crippen LogP contribution in [0.3, 0.4) is 0 Å². The van der Waals surface area contributed by atoms with E-state index in [1.54, 1.807) is 13.8 Å². The van der Waals surface area contributed by atoms with Crippen LogP contribution in [0.4, 0.5) is 5.69 Å². The highest BCUT2D eigenvalue weighted by Crippen LogP contribution is 2.25. The largest absolute Gasteiger partial charge is 0.329 e. The number of nitrogens with zero attached hydrogens (tertiary/aromatic N) is 1. The summed E-state index contributed by atoms with van der Waals surface area (Å²) < 4.78 is 27.6. The van der Waals surface area contributed by atoms with Gasteiger partial charge in [0, 0.05) is 24.7 Å². The Labute approximate surface area is 143 Å². The molecule has 0 aliphatic carbocycles. The van der Waals surface area contributed by atoms with Crippen molar-refractivity contribution in [3.8, 4) is 0 Å². The Morgan fingerprint density at radius 3 is 2.30 bits per heavy atom. The molecule has 0 saturated carbocycles. The number of nitro groups is 1. The molecule has 7 nitrogen and oxygen atoms in total. The van der Waals surface area contributed by atoms with Crippen LogP contribution in [-0.2, 0) is 10.0 Å². The number of sulfonamides is 1. The molecule has 132 valence electrons. The van der Waals surface area contributed by atoms with Gasteiger partial charge in [-0.3, -0.25) is 10.1 Å². The summed E-state index contributed by atoms with van der Waals surface area (Å²) in [6.07, 6.45) is 0.600. The van der Waals surface area contributed by atoms with Crippen LogP contribution in [0.1, 0.15) is 31.4 Å². The Morgan fingerprint density at radius 2 is 1.87 bits per heavy atom. The molecule has 0 aliphatic rings. The van der Waals surface area contributed by atoms with Crippen molar-refractivity contribution in [2.24, 2.45) is 11.7 Å². The van der Waals surface area contributed by atoms with E-state index in [1.807, 2.05) is 13.8 Å². The summed E-state index contributed by atoms with van der Waals surface area (Å²) in [5, 5.41) is 10.9. The Morgan fingerprint density at radius 1 is 1.30 bits per heavy atom. The third kappa shape index (κ3) is 5.72. The first kappa shape index (κ1) is 21.8. The lowest BCUT2D eigenvalue weighted by Gasteiger charge is -2.20. The maximum atomic E-state index is 12.5. The van der Waals surface area contributed by atoms with Gasteiger partial charge in [-0.1, -0.05) is 13.8 Å². The molecule has 9 heteroatoms. The minimum absolute atomic E-state index is 0. The van der Waals surface area contributed by atoms with Crippen molar-refractivity contribution in [1.82, 2.24) is 4.72 Å². The van der Waals surface area contributed by atoms with E-state index < -0.39 is 21.0 Å². The number of hydrogen-bond acceptors (Lipinski definition) is 5. The molecule has 0 aromatic heterocycles. The van der Waals surface area contributed by atoms with Gasteiger partial charge in [0.2, 0.25) is 10.0 Å². The van der Waals surface area contributed by atoms with E-state index in [2.05, 4.69) is 4.72 Å². The summed E-state index contributed by atoms with van der Waals surface area (Å²) in [5.41, 5.74) is 6.43. The predicted octanol–water partition coefficient (Wildman–Crippen LogP) is 2.29. The Kier molecular flexibility index (Phi) is 8.13. The van der Waals surface area contributed by atoms with Crippen molar-refractivity contribution in [1.29, 1.82) is 0 Å². The fourth-order valence-electron chi connectivity index (χ4n) is 2.24. The van der Waals surface area contributed by atoms with E-state index in [9.17, 15) is 18.5 Å². The van der Waals surface area contributed by atoms with Gasteiger partial charge >= 0.3 is 0 Å². The molecule has 23 heavy (non-hydrogen) atoms. The SMILES string of the molecule is Cc1cc([N+](=O)[O-])cc(S(=O)(=O)NC(CN)CC(C)C)c1C.Cl. The molecule has 0 bridgehead atoms. The number of halogens is 1. The highest BCUT2D eigenvalue weighted by atomic mass is 35.5. The van der Waals surface area contributed by atoms with Crippen LogP contribution in [0.15, 0.2) is 17.0 Å². The van der Waals surface area contributed by atoms with Gasteiger partial charge in [0.25, 0.3) is 5.69 Å². The molecule has 0 heterocycles. The predicted molar refractivity (Wildman–Crippen MR) is 92.4 cm³/mol. The zero-order valence-electron chi connectivity index (χ0n) is 13.7. The van der Waals surface area contributed by atoms with Crippen LogP contribution in [0.5, 0.6) is 0 Å². The van der Waals surface area contributed by atoms with E-state index in [4.69, 9.17) is 5.73 Å². The lowest BCUT2D eigenvalue weighted by molar-refractivity contribution is -0.385. The van der Waals surface area contributed by atoms with Crippen LogP contribution in [0, 0.1) is 29.9 Å². The molecule has 1 unspecified atom stereocenters. The third-order valence-electron chi connectivity index (χ3n) is 3.47. The normalized spacial score (nSPS) is 12.8. The van der Waals surface area contributed by atoms with Gasteiger partial charge in [-0.15, -0.1) is 12.4 Å². The Balaban J connectivity index is 0.00000484. The maximum Gasteiger partial charge on any atom is 0.271 e. The molecule has 1 atom stereocenters. The fraction of sp³-hybridized carbons (Fsp3) is 0.571. The average molecular weight is 366 g/mol. The minimum atomic E-state index is -3.86. The van der Waals surface area contributed by atoms with Gasteiger partial charge in [-0.2, -0.15) is 0 Å².